The molecule has 4 nitrogen and oxygen atoms in total. The average Bonchev–Trinajstić information content (AvgIpc) is 2.47. The lowest BCUT2D eigenvalue weighted by atomic mass is 10.0. The molecule has 2 N–H and O–H groups in total. The number of hydrogen-bond acceptors (Lipinski definition) is 3. The minimum absolute atomic E-state index is 0.0974. The van der Waals surface area contributed by atoms with Crippen molar-refractivity contribution in [3.05, 3.63) is 63.6 Å². The molecule has 0 radical (unpaired) electrons. The van der Waals surface area contributed by atoms with Gasteiger partial charge >= 0.3 is 0 Å². The predicted molar refractivity (Wildman–Crippen MR) is 76.0 cm³/mol. The monoisotopic (exact) mass is 257 g/mol. The van der Waals surface area contributed by atoms with E-state index in [1.165, 1.54) is 16.3 Å². The van der Waals surface area contributed by atoms with E-state index in [1.54, 1.807) is 6.07 Å². The molecule has 1 unspecified atom stereocenters. The van der Waals surface area contributed by atoms with Crippen LogP contribution in [0, 0.1) is 0 Å². The molecule has 0 saturated heterocycles. The Bertz CT molecular complexity index is 602. The minimum atomic E-state index is -0.302. The van der Waals surface area contributed by atoms with E-state index in [0.717, 1.165) is 12.0 Å². The SMILES string of the molecule is CCc1ccc(C(N)c2ccc(=O)n(CC)n2)cc1. The normalized spacial score (nSPS) is 12.4. The van der Waals surface area contributed by atoms with E-state index in [9.17, 15) is 4.79 Å². The predicted octanol–water partition coefficient (Wildman–Crippen LogP) is 1.87. The topological polar surface area (TPSA) is 60.9 Å². The zero-order chi connectivity index (χ0) is 13.8. The van der Waals surface area contributed by atoms with Crippen LogP contribution in [0.2, 0.25) is 0 Å². The summed E-state index contributed by atoms with van der Waals surface area (Å²) in [7, 11) is 0. The van der Waals surface area contributed by atoms with Gasteiger partial charge in [-0.25, -0.2) is 4.68 Å². The molecule has 0 aliphatic heterocycles. The van der Waals surface area contributed by atoms with E-state index in [0.29, 0.717) is 12.2 Å². The van der Waals surface area contributed by atoms with Crippen LogP contribution in [0.5, 0.6) is 0 Å². The molecule has 2 rings (SSSR count). The number of benzene rings is 1. The standard InChI is InChI=1S/C15H19N3O/c1-3-11-5-7-12(8-6-11)15(16)13-9-10-14(19)18(4-2)17-13/h5-10,15H,3-4,16H2,1-2H3. The maximum absolute atomic E-state index is 11.5. The fourth-order valence-corrected chi connectivity index (χ4v) is 1.99. The molecule has 0 fully saturated rings. The van der Waals surface area contributed by atoms with E-state index < -0.39 is 0 Å². The van der Waals surface area contributed by atoms with Gasteiger partial charge in [-0.1, -0.05) is 31.2 Å². The van der Waals surface area contributed by atoms with E-state index >= 15 is 0 Å². The molecular weight excluding hydrogens is 238 g/mol. The number of aryl methyl sites for hydroxylation is 2. The molecule has 0 amide bonds. The highest BCUT2D eigenvalue weighted by atomic mass is 16.1. The van der Waals surface area contributed by atoms with Crippen molar-refractivity contribution in [2.24, 2.45) is 5.73 Å². The molecule has 0 aliphatic carbocycles. The number of rotatable bonds is 4. The summed E-state index contributed by atoms with van der Waals surface area (Å²) in [5.74, 6) is 0. The van der Waals surface area contributed by atoms with Gasteiger partial charge in [0.05, 0.1) is 11.7 Å². The van der Waals surface area contributed by atoms with Crippen LogP contribution in [0.4, 0.5) is 0 Å². The van der Waals surface area contributed by atoms with Crippen molar-refractivity contribution in [3.63, 3.8) is 0 Å². The summed E-state index contributed by atoms with van der Waals surface area (Å²) in [6, 6.07) is 11.1. The van der Waals surface area contributed by atoms with Crippen molar-refractivity contribution in [1.82, 2.24) is 9.78 Å². The average molecular weight is 257 g/mol. The van der Waals surface area contributed by atoms with Crippen molar-refractivity contribution in [1.29, 1.82) is 0 Å². The lowest BCUT2D eigenvalue weighted by Gasteiger charge is -2.13. The van der Waals surface area contributed by atoms with Crippen LogP contribution < -0.4 is 11.3 Å². The third-order valence-corrected chi connectivity index (χ3v) is 3.25. The van der Waals surface area contributed by atoms with Crippen LogP contribution in [0.3, 0.4) is 0 Å². The zero-order valence-electron chi connectivity index (χ0n) is 11.3. The third kappa shape index (κ3) is 2.90. The van der Waals surface area contributed by atoms with Gasteiger partial charge in [-0.05, 0) is 30.5 Å². The second-order valence-electron chi connectivity index (χ2n) is 4.49. The van der Waals surface area contributed by atoms with Crippen LogP contribution in [0.15, 0.2) is 41.2 Å². The summed E-state index contributed by atoms with van der Waals surface area (Å²) in [5.41, 5.74) is 9.11. The molecule has 4 heteroatoms. The summed E-state index contributed by atoms with van der Waals surface area (Å²) in [6.07, 6.45) is 1.01. The second-order valence-corrected chi connectivity index (χ2v) is 4.49. The quantitative estimate of drug-likeness (QED) is 0.909. The lowest BCUT2D eigenvalue weighted by molar-refractivity contribution is 0.587. The molecule has 19 heavy (non-hydrogen) atoms. The molecule has 100 valence electrons. The Labute approximate surface area is 112 Å². The van der Waals surface area contributed by atoms with Gasteiger partial charge in [-0.3, -0.25) is 4.79 Å². The van der Waals surface area contributed by atoms with Crippen molar-refractivity contribution >= 4 is 0 Å². The zero-order valence-corrected chi connectivity index (χ0v) is 11.3. The molecule has 0 spiro atoms. The molecular formula is C15H19N3O. The van der Waals surface area contributed by atoms with Crippen molar-refractivity contribution in [2.75, 3.05) is 0 Å². The Morgan fingerprint density at radius 1 is 1.16 bits per heavy atom. The van der Waals surface area contributed by atoms with Gasteiger partial charge in [0.1, 0.15) is 0 Å². The maximum Gasteiger partial charge on any atom is 0.266 e. The maximum atomic E-state index is 11.5. The Kier molecular flexibility index (Phi) is 4.12. The van der Waals surface area contributed by atoms with Gasteiger partial charge in [0.25, 0.3) is 5.56 Å². The fourth-order valence-electron chi connectivity index (χ4n) is 1.99. The van der Waals surface area contributed by atoms with E-state index in [4.69, 9.17) is 5.73 Å². The summed E-state index contributed by atoms with van der Waals surface area (Å²) in [5, 5.41) is 4.29. The highest BCUT2D eigenvalue weighted by Crippen LogP contribution is 2.17. The van der Waals surface area contributed by atoms with Gasteiger partial charge in [-0.2, -0.15) is 5.10 Å². The van der Waals surface area contributed by atoms with Gasteiger partial charge in [-0.15, -0.1) is 0 Å². The van der Waals surface area contributed by atoms with E-state index in [-0.39, 0.29) is 11.6 Å². The number of nitrogens with two attached hydrogens (primary N) is 1. The first-order valence-corrected chi connectivity index (χ1v) is 6.58. The van der Waals surface area contributed by atoms with Crippen LogP contribution in [0.25, 0.3) is 0 Å². The first-order chi connectivity index (χ1) is 9.15. The number of aromatic nitrogens is 2. The molecule has 0 aliphatic rings. The molecule has 1 aromatic heterocycles. The summed E-state index contributed by atoms with van der Waals surface area (Å²) >= 11 is 0. The van der Waals surface area contributed by atoms with Gasteiger partial charge in [0, 0.05) is 12.6 Å². The largest absolute Gasteiger partial charge is 0.319 e. The molecule has 1 atom stereocenters. The van der Waals surface area contributed by atoms with Crippen LogP contribution in [0.1, 0.15) is 36.7 Å². The van der Waals surface area contributed by atoms with Crippen molar-refractivity contribution < 1.29 is 0 Å². The summed E-state index contributed by atoms with van der Waals surface area (Å²) < 4.78 is 1.43. The van der Waals surface area contributed by atoms with Gasteiger partial charge in [0.2, 0.25) is 0 Å². The molecule has 0 saturated carbocycles. The van der Waals surface area contributed by atoms with Crippen molar-refractivity contribution in [3.8, 4) is 0 Å². The van der Waals surface area contributed by atoms with E-state index in [1.807, 2.05) is 19.1 Å². The molecule has 1 aromatic carbocycles. The molecule has 0 bridgehead atoms. The van der Waals surface area contributed by atoms with Crippen LogP contribution >= 0.6 is 0 Å². The summed E-state index contributed by atoms with van der Waals surface area (Å²) in [6.45, 7) is 4.56. The smallest absolute Gasteiger partial charge is 0.266 e. The van der Waals surface area contributed by atoms with Gasteiger partial charge < -0.3 is 5.73 Å². The second kappa shape index (κ2) is 5.80. The minimum Gasteiger partial charge on any atom is -0.319 e. The first kappa shape index (κ1) is 13.5. The Morgan fingerprint density at radius 2 is 1.84 bits per heavy atom. The number of nitrogens with zero attached hydrogens (tertiary/aromatic N) is 2. The Hall–Kier alpha value is -1.94. The molecule has 1 heterocycles. The van der Waals surface area contributed by atoms with Crippen molar-refractivity contribution in [2.45, 2.75) is 32.9 Å². The third-order valence-electron chi connectivity index (χ3n) is 3.25. The van der Waals surface area contributed by atoms with Crippen LogP contribution in [-0.2, 0) is 13.0 Å². The first-order valence-electron chi connectivity index (χ1n) is 6.58. The Morgan fingerprint density at radius 3 is 2.42 bits per heavy atom. The highest BCUT2D eigenvalue weighted by molar-refractivity contribution is 5.29. The Balaban J connectivity index is 2.32. The molecule has 2 aromatic rings. The fraction of sp³-hybridized carbons (Fsp3) is 0.333. The highest BCUT2D eigenvalue weighted by Gasteiger charge is 2.11. The van der Waals surface area contributed by atoms with Gasteiger partial charge in [0.15, 0.2) is 0 Å². The summed E-state index contributed by atoms with van der Waals surface area (Å²) in [4.78, 5) is 11.5. The van der Waals surface area contributed by atoms with Crippen LogP contribution in [-0.4, -0.2) is 9.78 Å². The lowest BCUT2D eigenvalue weighted by Crippen LogP contribution is -2.25. The van der Waals surface area contributed by atoms with E-state index in [2.05, 4.69) is 24.2 Å². The number of hydrogen-bond donors (Lipinski definition) is 1.